The van der Waals surface area contributed by atoms with Crippen molar-refractivity contribution < 1.29 is 4.79 Å². The summed E-state index contributed by atoms with van der Waals surface area (Å²) in [7, 11) is 0. The molecular formula is C12H16N4O. The summed E-state index contributed by atoms with van der Waals surface area (Å²) >= 11 is 0. The van der Waals surface area contributed by atoms with E-state index in [1.54, 1.807) is 26.0 Å². The van der Waals surface area contributed by atoms with Crippen LogP contribution >= 0.6 is 0 Å². The van der Waals surface area contributed by atoms with Gasteiger partial charge in [-0.15, -0.1) is 0 Å². The summed E-state index contributed by atoms with van der Waals surface area (Å²) in [5.74, 6) is 0. The van der Waals surface area contributed by atoms with Gasteiger partial charge >= 0.3 is 0 Å². The summed E-state index contributed by atoms with van der Waals surface area (Å²) in [5.41, 5.74) is 8.58. The molecule has 0 saturated carbocycles. The lowest BCUT2D eigenvalue weighted by Crippen LogP contribution is -2.20. The number of amides is 1. The van der Waals surface area contributed by atoms with Crippen molar-refractivity contribution in [1.82, 2.24) is 5.32 Å². The maximum atomic E-state index is 10.4. The van der Waals surface area contributed by atoms with Crippen molar-refractivity contribution in [2.75, 3.05) is 11.1 Å². The number of hydrogen-bond donors (Lipinski definition) is 4. The van der Waals surface area contributed by atoms with Crippen LogP contribution in [0.3, 0.4) is 0 Å². The fourth-order valence-corrected chi connectivity index (χ4v) is 1.40. The van der Waals surface area contributed by atoms with Gasteiger partial charge in [-0.2, -0.15) is 0 Å². The minimum absolute atomic E-state index is 0.289. The number of rotatable bonds is 5. The van der Waals surface area contributed by atoms with Crippen LogP contribution in [0.4, 0.5) is 11.4 Å². The number of nitrogens with one attached hydrogen (secondary N) is 3. The predicted molar refractivity (Wildman–Crippen MR) is 69.8 cm³/mol. The molecule has 5 heteroatoms. The van der Waals surface area contributed by atoms with E-state index in [0.717, 1.165) is 5.69 Å². The van der Waals surface area contributed by atoms with Crippen molar-refractivity contribution in [2.24, 2.45) is 0 Å². The molecule has 1 aromatic carbocycles. The Hall–Kier alpha value is -2.30. The molecule has 0 unspecified atom stereocenters. The fourth-order valence-electron chi connectivity index (χ4n) is 1.40. The van der Waals surface area contributed by atoms with Gasteiger partial charge in [0.15, 0.2) is 0 Å². The molecule has 0 aliphatic rings. The molecule has 0 spiro atoms. The van der Waals surface area contributed by atoms with Crippen molar-refractivity contribution in [1.29, 1.82) is 5.41 Å². The van der Waals surface area contributed by atoms with Crippen LogP contribution in [0.5, 0.6) is 0 Å². The average molecular weight is 232 g/mol. The van der Waals surface area contributed by atoms with E-state index >= 15 is 0 Å². The summed E-state index contributed by atoms with van der Waals surface area (Å²) in [6.07, 6.45) is 0.557. The van der Waals surface area contributed by atoms with Gasteiger partial charge in [-0.05, 0) is 38.1 Å². The Balaban J connectivity index is 2.91. The lowest BCUT2D eigenvalue weighted by molar-refractivity contribution is -0.108. The van der Waals surface area contributed by atoms with E-state index in [9.17, 15) is 4.79 Å². The third-order valence-corrected chi connectivity index (χ3v) is 2.20. The molecule has 1 amide bonds. The quantitative estimate of drug-likeness (QED) is 0.354. The molecule has 0 aliphatic heterocycles. The Morgan fingerprint density at radius 1 is 1.29 bits per heavy atom. The second-order valence-corrected chi connectivity index (χ2v) is 3.63. The number of hydrogen-bond acceptors (Lipinski definition) is 4. The second-order valence-electron chi connectivity index (χ2n) is 3.63. The lowest BCUT2D eigenvalue weighted by Gasteiger charge is -2.12. The molecule has 0 aliphatic carbocycles. The third kappa shape index (κ3) is 3.64. The normalized spacial score (nSPS) is 11.4. The molecule has 0 bridgehead atoms. The minimum Gasteiger partial charge on any atom is -0.399 e. The largest absolute Gasteiger partial charge is 0.399 e. The number of carbonyl (C=O) groups is 1. The van der Waals surface area contributed by atoms with Crippen molar-refractivity contribution >= 4 is 23.5 Å². The Morgan fingerprint density at radius 3 is 2.35 bits per heavy atom. The summed E-state index contributed by atoms with van der Waals surface area (Å²) < 4.78 is 0. The summed E-state index contributed by atoms with van der Waals surface area (Å²) in [6, 6.07) is 7.21. The lowest BCUT2D eigenvalue weighted by atomic mass is 10.2. The van der Waals surface area contributed by atoms with Crippen LogP contribution in [0.25, 0.3) is 0 Å². The first kappa shape index (κ1) is 12.8. The number of allylic oxidation sites excluding steroid dienone is 2. The number of nitrogen functional groups attached to an aromatic ring is 1. The van der Waals surface area contributed by atoms with Gasteiger partial charge in [0.05, 0.1) is 11.4 Å². The monoisotopic (exact) mass is 232 g/mol. The molecule has 1 aromatic rings. The topological polar surface area (TPSA) is 91.0 Å². The summed E-state index contributed by atoms with van der Waals surface area (Å²) in [6.45, 7) is 3.40. The van der Waals surface area contributed by atoms with Crippen molar-refractivity contribution in [3.63, 3.8) is 0 Å². The van der Waals surface area contributed by atoms with Gasteiger partial charge in [-0.1, -0.05) is 0 Å². The van der Waals surface area contributed by atoms with Crippen molar-refractivity contribution in [3.8, 4) is 0 Å². The van der Waals surface area contributed by atoms with Crippen LogP contribution in [0, 0.1) is 5.41 Å². The van der Waals surface area contributed by atoms with Crippen LogP contribution in [-0.4, -0.2) is 12.1 Å². The van der Waals surface area contributed by atoms with E-state index in [2.05, 4.69) is 10.6 Å². The molecular weight excluding hydrogens is 216 g/mol. The van der Waals surface area contributed by atoms with Gasteiger partial charge in [0.1, 0.15) is 0 Å². The maximum absolute atomic E-state index is 10.4. The maximum Gasteiger partial charge on any atom is 0.211 e. The highest BCUT2D eigenvalue weighted by molar-refractivity contribution is 5.98. The molecule has 0 radical (unpaired) electrons. The summed E-state index contributed by atoms with van der Waals surface area (Å²) in [5, 5.41) is 13.1. The van der Waals surface area contributed by atoms with Gasteiger partial charge in [0, 0.05) is 17.1 Å². The smallest absolute Gasteiger partial charge is 0.211 e. The first-order valence-electron chi connectivity index (χ1n) is 5.13. The molecule has 1 rings (SSSR count). The van der Waals surface area contributed by atoms with Crippen LogP contribution in [0.2, 0.25) is 0 Å². The van der Waals surface area contributed by atoms with Crippen LogP contribution in [-0.2, 0) is 4.79 Å². The SMILES string of the molecule is CC(=N)/C(NC=O)=C(/C)Nc1ccc(N)cc1. The zero-order valence-corrected chi connectivity index (χ0v) is 9.87. The zero-order valence-electron chi connectivity index (χ0n) is 9.87. The molecule has 0 fully saturated rings. The van der Waals surface area contributed by atoms with E-state index in [-0.39, 0.29) is 5.71 Å². The highest BCUT2D eigenvalue weighted by Gasteiger charge is 2.04. The van der Waals surface area contributed by atoms with Gasteiger partial charge in [0.2, 0.25) is 6.41 Å². The van der Waals surface area contributed by atoms with Gasteiger partial charge < -0.3 is 21.8 Å². The Labute approximate surface area is 100 Å². The summed E-state index contributed by atoms with van der Waals surface area (Å²) in [4.78, 5) is 10.4. The Bertz CT molecular complexity index is 448. The first-order chi connectivity index (χ1) is 8.04. The molecule has 5 N–H and O–H groups in total. The number of carbonyl (C=O) groups excluding carboxylic acids is 1. The Morgan fingerprint density at radius 2 is 1.88 bits per heavy atom. The van der Waals surface area contributed by atoms with Crippen LogP contribution < -0.4 is 16.4 Å². The van der Waals surface area contributed by atoms with Gasteiger partial charge in [0.25, 0.3) is 0 Å². The molecule has 0 aromatic heterocycles. The fraction of sp³-hybridized carbons (Fsp3) is 0.167. The van der Waals surface area contributed by atoms with Gasteiger partial charge in [-0.25, -0.2) is 0 Å². The standard InChI is InChI=1S/C12H16N4O/c1-8(13)12(15-7-17)9(2)16-11-5-3-10(14)4-6-11/h3-7,13,16H,14H2,1-2H3,(H,15,17)/b12-9+,13-8?. The molecule has 17 heavy (non-hydrogen) atoms. The average Bonchev–Trinajstić information content (AvgIpc) is 2.28. The van der Waals surface area contributed by atoms with Crippen LogP contribution in [0.15, 0.2) is 35.7 Å². The zero-order chi connectivity index (χ0) is 12.8. The highest BCUT2D eigenvalue weighted by Crippen LogP contribution is 2.14. The van der Waals surface area contributed by atoms with Crippen molar-refractivity contribution in [2.45, 2.75) is 13.8 Å². The predicted octanol–water partition coefficient (Wildman–Crippen LogP) is 1.70. The van der Waals surface area contributed by atoms with E-state index in [1.165, 1.54) is 0 Å². The number of nitrogens with two attached hydrogens (primary N) is 1. The molecule has 0 saturated heterocycles. The molecule has 90 valence electrons. The van der Waals surface area contributed by atoms with Crippen molar-refractivity contribution in [3.05, 3.63) is 35.7 Å². The van der Waals surface area contributed by atoms with Gasteiger partial charge in [-0.3, -0.25) is 4.79 Å². The Kier molecular flexibility index (Phi) is 4.28. The highest BCUT2D eigenvalue weighted by atomic mass is 16.1. The molecule has 0 atom stereocenters. The number of anilines is 2. The number of benzene rings is 1. The third-order valence-electron chi connectivity index (χ3n) is 2.20. The first-order valence-corrected chi connectivity index (χ1v) is 5.13. The molecule has 0 heterocycles. The van der Waals surface area contributed by atoms with E-state index in [4.69, 9.17) is 11.1 Å². The van der Waals surface area contributed by atoms with E-state index in [0.29, 0.717) is 23.5 Å². The second kappa shape index (κ2) is 5.69. The van der Waals surface area contributed by atoms with Crippen LogP contribution in [0.1, 0.15) is 13.8 Å². The minimum atomic E-state index is 0.289. The van der Waals surface area contributed by atoms with E-state index < -0.39 is 0 Å². The molecule has 5 nitrogen and oxygen atoms in total. The van der Waals surface area contributed by atoms with E-state index in [1.807, 2.05) is 12.1 Å².